The molecule has 0 saturated heterocycles. The molecule has 3 aromatic rings. The quantitative estimate of drug-likeness (QED) is 0.510. The Morgan fingerprint density at radius 2 is 1.73 bits per heavy atom. The Bertz CT molecular complexity index is 1180. The summed E-state index contributed by atoms with van der Waals surface area (Å²) in [5, 5.41) is 5.25. The van der Waals surface area contributed by atoms with E-state index in [4.69, 9.17) is 11.6 Å². The molecule has 30 heavy (non-hydrogen) atoms. The van der Waals surface area contributed by atoms with Crippen LogP contribution in [0.15, 0.2) is 53.4 Å². The highest BCUT2D eigenvalue weighted by atomic mass is 35.5. The summed E-state index contributed by atoms with van der Waals surface area (Å²) < 4.78 is 29.1. The van der Waals surface area contributed by atoms with Crippen molar-refractivity contribution in [3.8, 4) is 0 Å². The smallest absolute Gasteiger partial charge is 0.243 e. The first-order chi connectivity index (χ1) is 14.1. The fourth-order valence-corrected chi connectivity index (χ4v) is 4.59. The van der Waals surface area contributed by atoms with E-state index in [1.165, 1.54) is 35.5 Å². The zero-order valence-electron chi connectivity index (χ0n) is 17.4. The number of hydrogen-bond acceptors (Lipinski definition) is 4. The molecule has 0 fully saturated rings. The average molecular weight is 446 g/mol. The third kappa shape index (κ3) is 4.48. The maximum Gasteiger partial charge on any atom is 0.243 e. The first-order valence-electron chi connectivity index (χ1n) is 9.45. The number of nitrogens with zero attached hydrogens (tertiary/aromatic N) is 3. The Kier molecular flexibility index (Phi) is 6.45. The number of sulfonamides is 1. The Balaban J connectivity index is 1.84. The molecular formula is C22H24ClN3O3S. The summed E-state index contributed by atoms with van der Waals surface area (Å²) in [5.74, 6) is -0.107. The van der Waals surface area contributed by atoms with Gasteiger partial charge in [0, 0.05) is 35.4 Å². The molecule has 0 aliphatic heterocycles. The van der Waals surface area contributed by atoms with Crippen LogP contribution in [0.1, 0.15) is 39.8 Å². The van der Waals surface area contributed by atoms with Crippen LogP contribution in [0.2, 0.25) is 5.02 Å². The van der Waals surface area contributed by atoms with Gasteiger partial charge >= 0.3 is 0 Å². The Labute approximate surface area is 182 Å². The zero-order valence-corrected chi connectivity index (χ0v) is 19.0. The number of carbonyl (C=O) groups is 1. The van der Waals surface area contributed by atoms with Gasteiger partial charge in [-0.1, -0.05) is 41.9 Å². The van der Waals surface area contributed by atoms with Gasteiger partial charge in [0.1, 0.15) is 0 Å². The van der Waals surface area contributed by atoms with Gasteiger partial charge < -0.3 is 0 Å². The lowest BCUT2D eigenvalue weighted by Crippen LogP contribution is -2.27. The van der Waals surface area contributed by atoms with Crippen molar-refractivity contribution >= 4 is 27.4 Å². The molecule has 2 aromatic carbocycles. The molecule has 0 spiro atoms. The number of halogens is 1. The van der Waals surface area contributed by atoms with Crippen molar-refractivity contribution in [3.63, 3.8) is 0 Å². The van der Waals surface area contributed by atoms with Gasteiger partial charge in [-0.05, 0) is 44.5 Å². The van der Waals surface area contributed by atoms with Crippen molar-refractivity contribution in [2.75, 3.05) is 7.05 Å². The molecule has 0 radical (unpaired) electrons. The van der Waals surface area contributed by atoms with Gasteiger partial charge in [0.05, 0.1) is 17.1 Å². The number of ketones is 1. The summed E-state index contributed by atoms with van der Waals surface area (Å²) in [6, 6.07) is 13.6. The Morgan fingerprint density at radius 3 is 2.33 bits per heavy atom. The van der Waals surface area contributed by atoms with Crippen molar-refractivity contribution in [1.29, 1.82) is 0 Å². The number of aryl methyl sites for hydroxylation is 1. The minimum Gasteiger partial charge on any atom is -0.295 e. The number of benzene rings is 2. The topological polar surface area (TPSA) is 72.3 Å². The highest BCUT2D eigenvalue weighted by Gasteiger charge is 2.24. The van der Waals surface area contributed by atoms with E-state index in [2.05, 4.69) is 5.10 Å². The number of rotatable bonds is 7. The molecular weight excluding hydrogens is 422 g/mol. The summed E-state index contributed by atoms with van der Waals surface area (Å²) in [7, 11) is -2.17. The largest absolute Gasteiger partial charge is 0.295 e. The third-order valence-corrected chi connectivity index (χ3v) is 7.35. The predicted octanol–water partition coefficient (Wildman–Crippen LogP) is 4.22. The lowest BCUT2D eigenvalue weighted by atomic mass is 10.2. The molecule has 158 valence electrons. The standard InChI is InChI=1S/C22H24ClN3O3S/c1-15-21(16(2)26(24-15)13-19-7-5-6-8-22(19)23)14-25(4)30(28,29)20-11-9-18(10-12-20)17(3)27/h5-12H,13-14H2,1-4H3. The molecule has 0 bridgehead atoms. The van der Waals surface area contributed by atoms with E-state index < -0.39 is 10.0 Å². The van der Waals surface area contributed by atoms with Gasteiger partial charge in [0.25, 0.3) is 0 Å². The maximum atomic E-state index is 13.0. The van der Waals surface area contributed by atoms with Gasteiger partial charge in [-0.2, -0.15) is 9.40 Å². The van der Waals surface area contributed by atoms with Crippen LogP contribution < -0.4 is 0 Å². The van der Waals surface area contributed by atoms with E-state index in [0.717, 1.165) is 22.5 Å². The number of hydrogen-bond donors (Lipinski definition) is 0. The summed E-state index contributed by atoms with van der Waals surface area (Å²) in [5.41, 5.74) is 3.94. The zero-order chi connectivity index (χ0) is 22.1. The minimum atomic E-state index is -3.71. The molecule has 0 amide bonds. The van der Waals surface area contributed by atoms with Crippen LogP contribution in [-0.2, 0) is 23.1 Å². The third-order valence-electron chi connectivity index (χ3n) is 5.16. The normalized spacial score (nSPS) is 11.8. The van der Waals surface area contributed by atoms with Gasteiger partial charge in [-0.15, -0.1) is 0 Å². The summed E-state index contributed by atoms with van der Waals surface area (Å²) in [6.45, 7) is 5.94. The molecule has 0 N–H and O–H groups in total. The van der Waals surface area contributed by atoms with Crippen molar-refractivity contribution < 1.29 is 13.2 Å². The van der Waals surface area contributed by atoms with Crippen molar-refractivity contribution in [3.05, 3.63) is 81.6 Å². The molecule has 3 rings (SSSR count). The second kappa shape index (κ2) is 8.71. The van der Waals surface area contributed by atoms with Gasteiger partial charge in [0.2, 0.25) is 10.0 Å². The first-order valence-corrected chi connectivity index (χ1v) is 11.3. The van der Waals surface area contributed by atoms with Gasteiger partial charge in [-0.3, -0.25) is 9.48 Å². The molecule has 6 nitrogen and oxygen atoms in total. The van der Waals surface area contributed by atoms with E-state index in [9.17, 15) is 13.2 Å². The van der Waals surface area contributed by atoms with E-state index in [1.54, 1.807) is 7.05 Å². The highest BCUT2D eigenvalue weighted by Crippen LogP contribution is 2.23. The Morgan fingerprint density at radius 1 is 1.10 bits per heavy atom. The van der Waals surface area contributed by atoms with Gasteiger partial charge in [-0.25, -0.2) is 8.42 Å². The molecule has 0 atom stereocenters. The van der Waals surface area contributed by atoms with Crippen LogP contribution in [0.25, 0.3) is 0 Å². The molecule has 0 unspecified atom stereocenters. The van der Waals surface area contributed by atoms with Crippen LogP contribution >= 0.6 is 11.6 Å². The second-order valence-electron chi connectivity index (χ2n) is 7.24. The van der Waals surface area contributed by atoms with Crippen molar-refractivity contribution in [2.24, 2.45) is 0 Å². The van der Waals surface area contributed by atoms with Crippen LogP contribution in [0.5, 0.6) is 0 Å². The number of Topliss-reactive ketones (excluding diaryl/α,β-unsaturated/α-hetero) is 1. The van der Waals surface area contributed by atoms with Crippen molar-refractivity contribution in [1.82, 2.24) is 14.1 Å². The van der Waals surface area contributed by atoms with Crippen LogP contribution in [0, 0.1) is 13.8 Å². The van der Waals surface area contributed by atoms with Gasteiger partial charge in [0.15, 0.2) is 5.78 Å². The van der Waals surface area contributed by atoms with E-state index in [-0.39, 0.29) is 17.2 Å². The van der Waals surface area contributed by atoms with E-state index in [0.29, 0.717) is 17.1 Å². The van der Waals surface area contributed by atoms with E-state index >= 15 is 0 Å². The lowest BCUT2D eigenvalue weighted by Gasteiger charge is -2.18. The summed E-state index contributed by atoms with van der Waals surface area (Å²) in [4.78, 5) is 11.6. The monoisotopic (exact) mass is 445 g/mol. The van der Waals surface area contributed by atoms with Crippen LogP contribution in [0.3, 0.4) is 0 Å². The van der Waals surface area contributed by atoms with Crippen LogP contribution in [0.4, 0.5) is 0 Å². The highest BCUT2D eigenvalue weighted by molar-refractivity contribution is 7.89. The summed E-state index contributed by atoms with van der Waals surface area (Å²) in [6.07, 6.45) is 0. The van der Waals surface area contributed by atoms with Crippen molar-refractivity contribution in [2.45, 2.75) is 38.8 Å². The molecule has 0 saturated carbocycles. The Hall–Kier alpha value is -2.48. The minimum absolute atomic E-state index is 0.107. The summed E-state index contributed by atoms with van der Waals surface area (Å²) >= 11 is 6.27. The molecule has 0 aliphatic carbocycles. The fraction of sp³-hybridized carbons (Fsp3) is 0.273. The average Bonchev–Trinajstić information content (AvgIpc) is 2.97. The molecule has 0 aliphatic rings. The predicted molar refractivity (Wildman–Crippen MR) is 117 cm³/mol. The molecule has 1 aromatic heterocycles. The van der Waals surface area contributed by atoms with Crippen LogP contribution in [-0.4, -0.2) is 35.3 Å². The number of carbonyl (C=O) groups excluding carboxylic acids is 1. The maximum absolute atomic E-state index is 13.0. The molecule has 8 heteroatoms. The second-order valence-corrected chi connectivity index (χ2v) is 9.69. The molecule has 1 heterocycles. The number of aromatic nitrogens is 2. The SMILES string of the molecule is CC(=O)c1ccc(S(=O)(=O)N(C)Cc2c(C)nn(Cc3ccccc3Cl)c2C)cc1. The van der Waals surface area contributed by atoms with E-state index in [1.807, 2.05) is 42.8 Å². The fourth-order valence-electron chi connectivity index (χ4n) is 3.25. The lowest BCUT2D eigenvalue weighted by molar-refractivity contribution is 0.101. The first kappa shape index (κ1) is 22.2.